The van der Waals surface area contributed by atoms with Crippen molar-refractivity contribution in [3.05, 3.63) is 39.6 Å². The Balaban J connectivity index is 2.63. The van der Waals surface area contributed by atoms with Crippen LogP contribution in [0.1, 0.15) is 0 Å². The van der Waals surface area contributed by atoms with Crippen LogP contribution in [0, 0.1) is 0 Å². The lowest BCUT2D eigenvalue weighted by atomic mass is 10.2. The molecule has 2 aromatic heterocycles. The molecule has 0 aliphatic carbocycles. The summed E-state index contributed by atoms with van der Waals surface area (Å²) in [6, 6.07) is 7.21. The molecule has 0 fully saturated rings. The fourth-order valence-corrected chi connectivity index (χ4v) is 2.93. The van der Waals surface area contributed by atoms with Crippen LogP contribution < -0.4 is 5.56 Å². The zero-order valence-electron chi connectivity index (χ0n) is 7.45. The lowest BCUT2D eigenvalue weighted by Gasteiger charge is -1.90. The fraction of sp³-hybridized carbons (Fsp3) is 0. The molecule has 1 N–H and O–H groups in total. The molecule has 0 saturated heterocycles. The number of aromatic nitrogens is 2. The van der Waals surface area contributed by atoms with Gasteiger partial charge >= 0.3 is 0 Å². The van der Waals surface area contributed by atoms with Gasteiger partial charge in [-0.2, -0.15) is 5.10 Å². The predicted octanol–water partition coefficient (Wildman–Crippen LogP) is 2.79. The van der Waals surface area contributed by atoms with Crippen LogP contribution in [0.4, 0.5) is 0 Å². The topological polar surface area (TPSA) is 45.8 Å². The van der Waals surface area contributed by atoms with E-state index >= 15 is 0 Å². The number of rotatable bonds is 0. The van der Waals surface area contributed by atoms with Gasteiger partial charge in [0.15, 0.2) is 0 Å². The number of nitrogens with one attached hydrogen (secondary N) is 1. The van der Waals surface area contributed by atoms with Crippen LogP contribution in [-0.4, -0.2) is 10.2 Å². The predicted molar refractivity (Wildman–Crippen MR) is 62.8 cm³/mol. The Hall–Kier alpha value is -1.39. The standard InChI is InChI=1S/C10H5ClN2OS/c11-6-3-1-2-5-9-7(15-10(5)6)4-8(14)12-13-9/h1-4H,(H,12,14). The van der Waals surface area contributed by atoms with E-state index in [0.29, 0.717) is 5.02 Å². The van der Waals surface area contributed by atoms with Crippen molar-refractivity contribution in [3.63, 3.8) is 0 Å². The first-order valence-corrected chi connectivity index (χ1v) is 5.51. The summed E-state index contributed by atoms with van der Waals surface area (Å²) in [5.41, 5.74) is 0.613. The van der Waals surface area contributed by atoms with Gasteiger partial charge in [0, 0.05) is 11.5 Å². The van der Waals surface area contributed by atoms with E-state index in [9.17, 15) is 4.79 Å². The molecule has 0 spiro atoms. The monoisotopic (exact) mass is 236 g/mol. The maximum absolute atomic E-state index is 11.1. The van der Waals surface area contributed by atoms with E-state index in [1.165, 1.54) is 11.3 Å². The smallest absolute Gasteiger partial charge is 0.265 e. The minimum absolute atomic E-state index is 0.190. The normalized spacial score (nSPS) is 11.3. The zero-order valence-corrected chi connectivity index (χ0v) is 9.02. The molecular weight excluding hydrogens is 232 g/mol. The Kier molecular flexibility index (Phi) is 1.81. The highest BCUT2D eigenvalue weighted by Crippen LogP contribution is 2.35. The molecule has 0 unspecified atom stereocenters. The molecule has 0 aliphatic rings. The first-order chi connectivity index (χ1) is 7.25. The molecule has 0 saturated carbocycles. The SMILES string of the molecule is O=c1cc2sc3c(Cl)cccc3c2n[nH]1. The highest BCUT2D eigenvalue weighted by Gasteiger charge is 2.08. The largest absolute Gasteiger partial charge is 0.268 e. The van der Waals surface area contributed by atoms with Crippen molar-refractivity contribution in [3.8, 4) is 0 Å². The number of nitrogens with zero attached hydrogens (tertiary/aromatic N) is 1. The molecule has 0 bridgehead atoms. The zero-order chi connectivity index (χ0) is 10.4. The third-order valence-electron chi connectivity index (χ3n) is 2.21. The quantitative estimate of drug-likeness (QED) is 0.652. The van der Waals surface area contributed by atoms with E-state index in [4.69, 9.17) is 11.6 Å². The van der Waals surface area contributed by atoms with Gasteiger partial charge in [-0.25, -0.2) is 5.10 Å². The highest BCUT2D eigenvalue weighted by molar-refractivity contribution is 7.26. The van der Waals surface area contributed by atoms with Gasteiger partial charge in [0.05, 0.1) is 14.4 Å². The molecule has 3 aromatic rings. The average molecular weight is 237 g/mol. The van der Waals surface area contributed by atoms with Crippen molar-refractivity contribution in [2.24, 2.45) is 0 Å². The number of halogens is 1. The number of benzene rings is 1. The van der Waals surface area contributed by atoms with Gasteiger partial charge in [-0.3, -0.25) is 4.79 Å². The minimum atomic E-state index is -0.190. The van der Waals surface area contributed by atoms with Crippen molar-refractivity contribution in [1.82, 2.24) is 10.2 Å². The van der Waals surface area contributed by atoms with Crippen LogP contribution in [0.3, 0.4) is 0 Å². The summed E-state index contributed by atoms with van der Waals surface area (Å²) in [5.74, 6) is 0. The van der Waals surface area contributed by atoms with Crippen LogP contribution in [0.5, 0.6) is 0 Å². The van der Waals surface area contributed by atoms with Gasteiger partial charge in [0.2, 0.25) is 0 Å². The summed E-state index contributed by atoms with van der Waals surface area (Å²) in [7, 11) is 0. The summed E-state index contributed by atoms with van der Waals surface area (Å²) in [4.78, 5) is 11.1. The number of H-pyrrole nitrogens is 1. The van der Waals surface area contributed by atoms with Gasteiger partial charge in [-0.05, 0) is 6.07 Å². The van der Waals surface area contributed by atoms with E-state index in [1.807, 2.05) is 18.2 Å². The van der Waals surface area contributed by atoms with Gasteiger partial charge in [0.1, 0.15) is 5.52 Å². The molecule has 1 aromatic carbocycles. The highest BCUT2D eigenvalue weighted by atomic mass is 35.5. The Morgan fingerprint density at radius 3 is 3.13 bits per heavy atom. The van der Waals surface area contributed by atoms with Gasteiger partial charge in [-0.15, -0.1) is 11.3 Å². The van der Waals surface area contributed by atoms with Crippen molar-refractivity contribution in [1.29, 1.82) is 0 Å². The molecule has 0 aliphatic heterocycles. The molecule has 74 valence electrons. The summed E-state index contributed by atoms with van der Waals surface area (Å²) in [6.45, 7) is 0. The maximum Gasteiger partial charge on any atom is 0.265 e. The molecule has 5 heteroatoms. The average Bonchev–Trinajstić information content (AvgIpc) is 2.57. The lowest BCUT2D eigenvalue weighted by Crippen LogP contribution is -2.03. The Morgan fingerprint density at radius 1 is 1.40 bits per heavy atom. The van der Waals surface area contributed by atoms with Crippen molar-refractivity contribution in [2.75, 3.05) is 0 Å². The van der Waals surface area contributed by atoms with Crippen LogP contribution in [-0.2, 0) is 0 Å². The summed E-state index contributed by atoms with van der Waals surface area (Å²) >= 11 is 7.55. The first-order valence-electron chi connectivity index (χ1n) is 4.32. The number of fused-ring (bicyclic) bond motifs is 3. The number of thiophene rings is 1. The van der Waals surface area contributed by atoms with Crippen LogP contribution in [0.25, 0.3) is 20.3 Å². The van der Waals surface area contributed by atoms with Gasteiger partial charge < -0.3 is 0 Å². The molecule has 3 nitrogen and oxygen atoms in total. The summed E-state index contributed by atoms with van der Waals surface area (Å²) < 4.78 is 1.84. The fourth-order valence-electron chi connectivity index (χ4n) is 1.57. The molecule has 3 rings (SSSR count). The minimum Gasteiger partial charge on any atom is -0.268 e. The van der Waals surface area contributed by atoms with E-state index in [1.54, 1.807) is 6.07 Å². The van der Waals surface area contributed by atoms with E-state index in [0.717, 1.165) is 20.3 Å². The Morgan fingerprint density at radius 2 is 2.27 bits per heavy atom. The second-order valence-corrected chi connectivity index (χ2v) is 4.62. The molecule has 2 heterocycles. The van der Waals surface area contributed by atoms with Crippen molar-refractivity contribution < 1.29 is 0 Å². The Bertz CT molecular complexity index is 716. The first kappa shape index (κ1) is 8.88. The molecule has 0 atom stereocenters. The number of aromatic amines is 1. The molecule has 0 radical (unpaired) electrons. The third kappa shape index (κ3) is 1.26. The van der Waals surface area contributed by atoms with E-state index < -0.39 is 0 Å². The maximum atomic E-state index is 11.1. The van der Waals surface area contributed by atoms with Crippen LogP contribution in [0.15, 0.2) is 29.1 Å². The Labute approximate surface area is 93.3 Å². The summed E-state index contributed by atoms with van der Waals surface area (Å²) in [6.07, 6.45) is 0. The molecule has 15 heavy (non-hydrogen) atoms. The third-order valence-corrected chi connectivity index (χ3v) is 3.81. The van der Waals surface area contributed by atoms with Crippen LogP contribution in [0.2, 0.25) is 5.02 Å². The van der Waals surface area contributed by atoms with Gasteiger partial charge in [0.25, 0.3) is 5.56 Å². The number of hydrogen-bond acceptors (Lipinski definition) is 3. The molecule has 0 amide bonds. The number of hydrogen-bond donors (Lipinski definition) is 1. The van der Waals surface area contributed by atoms with Crippen molar-refractivity contribution in [2.45, 2.75) is 0 Å². The molecular formula is C10H5ClN2OS. The second-order valence-electron chi connectivity index (χ2n) is 3.16. The van der Waals surface area contributed by atoms with E-state index in [2.05, 4.69) is 10.2 Å². The lowest BCUT2D eigenvalue weighted by molar-refractivity contribution is 1.04. The van der Waals surface area contributed by atoms with E-state index in [-0.39, 0.29) is 5.56 Å². The van der Waals surface area contributed by atoms with Crippen molar-refractivity contribution >= 4 is 43.2 Å². The van der Waals surface area contributed by atoms with Gasteiger partial charge in [-0.1, -0.05) is 23.7 Å². The summed E-state index contributed by atoms with van der Waals surface area (Å²) in [5, 5.41) is 8.14. The van der Waals surface area contributed by atoms with Crippen LogP contribution >= 0.6 is 22.9 Å². The second kappa shape index (κ2) is 3.05.